The summed E-state index contributed by atoms with van der Waals surface area (Å²) in [5.74, 6) is 0.612. The lowest BCUT2D eigenvalue weighted by atomic mass is 10.2. The molecule has 0 spiro atoms. The number of hydrogen-bond donors (Lipinski definition) is 1. The monoisotopic (exact) mass is 308 g/mol. The van der Waals surface area contributed by atoms with E-state index in [1.165, 1.54) is 6.07 Å². The molecule has 0 bridgehead atoms. The highest BCUT2D eigenvalue weighted by molar-refractivity contribution is 6.30. The van der Waals surface area contributed by atoms with Gasteiger partial charge in [0, 0.05) is 18.3 Å². The fraction of sp³-hybridized carbons (Fsp3) is 0.312. The van der Waals surface area contributed by atoms with E-state index in [0.29, 0.717) is 18.2 Å². The summed E-state index contributed by atoms with van der Waals surface area (Å²) >= 11 is 5.76. The Balaban J connectivity index is 2.14. The molecule has 5 heteroatoms. The molecule has 0 saturated heterocycles. The van der Waals surface area contributed by atoms with Crippen molar-refractivity contribution in [2.24, 2.45) is 5.92 Å². The average molecular weight is 309 g/mol. The van der Waals surface area contributed by atoms with Gasteiger partial charge in [0.05, 0.1) is 11.2 Å². The minimum atomic E-state index is -0.566. The van der Waals surface area contributed by atoms with Crippen LogP contribution in [0.4, 0.5) is 4.39 Å². The maximum absolute atomic E-state index is 13.9. The predicted octanol–water partition coefficient (Wildman–Crippen LogP) is 4.41. The van der Waals surface area contributed by atoms with E-state index >= 15 is 0 Å². The number of hydrogen-bond acceptors (Lipinski definition) is 3. The lowest BCUT2D eigenvalue weighted by Crippen LogP contribution is -2.19. The zero-order chi connectivity index (χ0) is 15.2. The molecule has 0 atom stereocenters. The van der Waals surface area contributed by atoms with Crippen molar-refractivity contribution in [1.29, 1.82) is 0 Å². The molecule has 0 saturated carbocycles. The normalized spacial score (nSPS) is 10.9. The number of nitrogens with one attached hydrogen (secondary N) is 1. The molecule has 0 radical (unpaired) electrons. The average Bonchev–Trinajstić information content (AvgIpc) is 2.45. The summed E-state index contributed by atoms with van der Waals surface area (Å²) in [6.45, 7) is 5.81. The number of aromatic nitrogens is 1. The molecule has 0 fully saturated rings. The topological polar surface area (TPSA) is 34.2 Å². The Kier molecular flexibility index (Phi) is 5.53. The first-order valence-corrected chi connectivity index (χ1v) is 7.21. The first-order chi connectivity index (χ1) is 10.1. The molecule has 2 rings (SSSR count). The van der Waals surface area contributed by atoms with Crippen molar-refractivity contribution in [2.45, 2.75) is 20.4 Å². The van der Waals surface area contributed by atoms with Gasteiger partial charge in [-0.3, -0.25) is 4.98 Å². The van der Waals surface area contributed by atoms with Crippen LogP contribution in [0.15, 0.2) is 36.7 Å². The van der Waals surface area contributed by atoms with Gasteiger partial charge < -0.3 is 10.1 Å². The van der Waals surface area contributed by atoms with Crippen molar-refractivity contribution >= 4 is 11.6 Å². The molecular formula is C16H18ClFN2O. The molecule has 1 aromatic carbocycles. The summed E-state index contributed by atoms with van der Waals surface area (Å²) in [5.41, 5.74) is 0.921. The van der Waals surface area contributed by atoms with Crippen molar-refractivity contribution in [1.82, 2.24) is 10.3 Å². The van der Waals surface area contributed by atoms with E-state index in [9.17, 15) is 4.39 Å². The van der Waals surface area contributed by atoms with E-state index < -0.39 is 5.82 Å². The van der Waals surface area contributed by atoms with E-state index in [-0.39, 0.29) is 10.8 Å². The van der Waals surface area contributed by atoms with Crippen molar-refractivity contribution in [3.63, 3.8) is 0 Å². The molecule has 2 aromatic rings. The second kappa shape index (κ2) is 7.38. The van der Waals surface area contributed by atoms with Crippen LogP contribution in [0.25, 0.3) is 0 Å². The summed E-state index contributed by atoms with van der Waals surface area (Å²) in [5, 5.41) is 3.36. The smallest absolute Gasteiger partial charge is 0.184 e. The van der Waals surface area contributed by atoms with Gasteiger partial charge in [0.1, 0.15) is 5.75 Å². The highest BCUT2D eigenvalue weighted by Crippen LogP contribution is 2.30. The molecule has 1 N–H and O–H groups in total. The molecule has 1 aromatic heterocycles. The summed E-state index contributed by atoms with van der Waals surface area (Å²) in [6, 6.07) is 6.52. The standard InChI is InChI=1S/C16H18ClFN2O/c1-11(2)8-20-9-12-6-7-19-10-15(12)21-14-5-3-4-13(17)16(14)18/h3-7,10-11,20H,8-9H2,1-2H3. The van der Waals surface area contributed by atoms with E-state index in [1.807, 2.05) is 6.07 Å². The van der Waals surface area contributed by atoms with Crippen LogP contribution >= 0.6 is 11.6 Å². The van der Waals surface area contributed by atoms with Gasteiger partial charge in [-0.05, 0) is 30.7 Å². The van der Waals surface area contributed by atoms with Gasteiger partial charge in [-0.2, -0.15) is 0 Å². The lowest BCUT2D eigenvalue weighted by molar-refractivity contribution is 0.432. The molecule has 3 nitrogen and oxygen atoms in total. The highest BCUT2D eigenvalue weighted by Gasteiger charge is 2.11. The van der Waals surface area contributed by atoms with Crippen molar-refractivity contribution in [3.8, 4) is 11.5 Å². The Bertz CT molecular complexity index is 605. The maximum Gasteiger partial charge on any atom is 0.184 e. The number of ether oxygens (including phenoxy) is 1. The molecule has 0 aliphatic heterocycles. The van der Waals surface area contributed by atoms with Gasteiger partial charge >= 0.3 is 0 Å². The van der Waals surface area contributed by atoms with Crippen LogP contribution in [-0.4, -0.2) is 11.5 Å². The Hall–Kier alpha value is -1.65. The first kappa shape index (κ1) is 15.7. The van der Waals surface area contributed by atoms with Crippen molar-refractivity contribution in [2.75, 3.05) is 6.54 Å². The van der Waals surface area contributed by atoms with Crippen LogP contribution in [0.2, 0.25) is 5.02 Å². The zero-order valence-electron chi connectivity index (χ0n) is 12.1. The quantitative estimate of drug-likeness (QED) is 0.858. The number of benzene rings is 1. The van der Waals surface area contributed by atoms with Gasteiger partial charge in [0.25, 0.3) is 0 Å². The van der Waals surface area contributed by atoms with Crippen LogP contribution in [0.5, 0.6) is 11.5 Å². The minimum absolute atomic E-state index is 0.0378. The summed E-state index contributed by atoms with van der Waals surface area (Å²) < 4.78 is 19.5. The van der Waals surface area contributed by atoms with Crippen LogP contribution < -0.4 is 10.1 Å². The van der Waals surface area contributed by atoms with Crippen molar-refractivity contribution < 1.29 is 9.13 Å². The van der Waals surface area contributed by atoms with Crippen molar-refractivity contribution in [3.05, 3.63) is 53.1 Å². The van der Waals surface area contributed by atoms with Gasteiger partial charge in [-0.15, -0.1) is 0 Å². The summed E-state index contributed by atoms with van der Waals surface area (Å²) in [7, 11) is 0. The Morgan fingerprint density at radius 1 is 1.29 bits per heavy atom. The van der Waals surface area contributed by atoms with Gasteiger partial charge in [0.15, 0.2) is 11.6 Å². The fourth-order valence-electron chi connectivity index (χ4n) is 1.82. The fourth-order valence-corrected chi connectivity index (χ4v) is 1.99. The number of rotatable bonds is 6. The second-order valence-electron chi connectivity index (χ2n) is 5.16. The number of nitrogens with zero attached hydrogens (tertiary/aromatic N) is 1. The lowest BCUT2D eigenvalue weighted by Gasteiger charge is -2.13. The van der Waals surface area contributed by atoms with Crippen LogP contribution in [-0.2, 0) is 6.54 Å². The molecular weight excluding hydrogens is 291 g/mol. The Morgan fingerprint density at radius 2 is 2.10 bits per heavy atom. The van der Waals surface area contributed by atoms with E-state index in [4.69, 9.17) is 16.3 Å². The third-order valence-electron chi connectivity index (χ3n) is 2.87. The largest absolute Gasteiger partial charge is 0.452 e. The van der Waals surface area contributed by atoms with Crippen LogP contribution in [0.3, 0.4) is 0 Å². The van der Waals surface area contributed by atoms with Crippen LogP contribution in [0, 0.1) is 11.7 Å². The first-order valence-electron chi connectivity index (χ1n) is 6.83. The molecule has 0 aliphatic rings. The predicted molar refractivity (Wildman–Crippen MR) is 82.3 cm³/mol. The van der Waals surface area contributed by atoms with Gasteiger partial charge in [0.2, 0.25) is 0 Å². The van der Waals surface area contributed by atoms with Gasteiger partial charge in [-0.1, -0.05) is 31.5 Å². The highest BCUT2D eigenvalue weighted by atomic mass is 35.5. The second-order valence-corrected chi connectivity index (χ2v) is 5.57. The third kappa shape index (κ3) is 4.41. The zero-order valence-corrected chi connectivity index (χ0v) is 12.8. The van der Waals surface area contributed by atoms with E-state index in [1.54, 1.807) is 24.5 Å². The SMILES string of the molecule is CC(C)CNCc1ccncc1Oc1cccc(Cl)c1F. The minimum Gasteiger partial charge on any atom is -0.452 e. The Labute approximate surface area is 129 Å². The molecule has 112 valence electrons. The third-order valence-corrected chi connectivity index (χ3v) is 3.17. The van der Waals surface area contributed by atoms with E-state index in [0.717, 1.165) is 12.1 Å². The number of pyridine rings is 1. The summed E-state index contributed by atoms with van der Waals surface area (Å²) in [4.78, 5) is 4.03. The molecule has 0 amide bonds. The maximum atomic E-state index is 13.9. The molecule has 0 aliphatic carbocycles. The van der Waals surface area contributed by atoms with Crippen LogP contribution in [0.1, 0.15) is 19.4 Å². The molecule has 21 heavy (non-hydrogen) atoms. The van der Waals surface area contributed by atoms with E-state index in [2.05, 4.69) is 24.1 Å². The number of halogens is 2. The molecule has 0 unspecified atom stereocenters. The van der Waals surface area contributed by atoms with Gasteiger partial charge in [-0.25, -0.2) is 4.39 Å². The summed E-state index contributed by atoms with van der Waals surface area (Å²) in [6.07, 6.45) is 3.26. The molecule has 1 heterocycles. The Morgan fingerprint density at radius 3 is 2.86 bits per heavy atom.